The van der Waals surface area contributed by atoms with Gasteiger partial charge in [0.1, 0.15) is 6.54 Å². The van der Waals surface area contributed by atoms with Gasteiger partial charge in [0.15, 0.2) is 0 Å². The van der Waals surface area contributed by atoms with Gasteiger partial charge in [-0.1, -0.05) is 42.0 Å². The third-order valence-corrected chi connectivity index (χ3v) is 3.29. The minimum absolute atomic E-state index is 0.186. The molecule has 0 aliphatic carbocycles. The first-order valence-electron chi connectivity index (χ1n) is 7.01. The van der Waals surface area contributed by atoms with Crippen LogP contribution in [0.4, 0.5) is 0 Å². The standard InChI is InChI=1S/C17H16N4O/c1-13-5-4-6-14(9-13)10-19-20-17(22)11-21-12-18-15-7-2-3-8-16(15)21/h2-10,12H,11H2,1H3,(H,20,22)/b19-10-. The summed E-state index contributed by atoms with van der Waals surface area (Å²) in [4.78, 5) is 16.2. The summed E-state index contributed by atoms with van der Waals surface area (Å²) >= 11 is 0. The SMILES string of the molecule is Cc1cccc(/C=N\NC(=O)Cn2cnc3ccccc32)c1. The molecular formula is C17H16N4O. The van der Waals surface area contributed by atoms with E-state index < -0.39 is 0 Å². The van der Waals surface area contributed by atoms with Crippen molar-refractivity contribution in [2.45, 2.75) is 13.5 Å². The Morgan fingerprint density at radius 2 is 2.14 bits per heavy atom. The second kappa shape index (κ2) is 6.22. The van der Waals surface area contributed by atoms with Crippen LogP contribution in [0.3, 0.4) is 0 Å². The number of imidazole rings is 1. The van der Waals surface area contributed by atoms with Crippen LogP contribution in [0.5, 0.6) is 0 Å². The maximum absolute atomic E-state index is 11.9. The predicted octanol–water partition coefficient (Wildman–Crippen LogP) is 2.50. The van der Waals surface area contributed by atoms with Gasteiger partial charge in [-0.3, -0.25) is 4.79 Å². The van der Waals surface area contributed by atoms with E-state index in [0.717, 1.165) is 22.2 Å². The number of hydrogen-bond donors (Lipinski definition) is 1. The van der Waals surface area contributed by atoms with Crippen LogP contribution in [-0.2, 0) is 11.3 Å². The van der Waals surface area contributed by atoms with E-state index in [4.69, 9.17) is 0 Å². The van der Waals surface area contributed by atoms with Gasteiger partial charge in [0.05, 0.1) is 23.6 Å². The molecule has 0 saturated carbocycles. The zero-order chi connectivity index (χ0) is 15.4. The lowest BCUT2D eigenvalue weighted by atomic mass is 10.2. The van der Waals surface area contributed by atoms with E-state index in [1.54, 1.807) is 17.1 Å². The monoisotopic (exact) mass is 292 g/mol. The number of nitrogens with one attached hydrogen (secondary N) is 1. The van der Waals surface area contributed by atoms with Crippen LogP contribution in [0, 0.1) is 6.92 Å². The molecule has 0 spiro atoms. The zero-order valence-corrected chi connectivity index (χ0v) is 12.2. The van der Waals surface area contributed by atoms with E-state index in [0.29, 0.717) is 0 Å². The maximum atomic E-state index is 11.9. The van der Waals surface area contributed by atoms with Crippen molar-refractivity contribution in [3.05, 3.63) is 66.0 Å². The molecule has 110 valence electrons. The molecule has 5 nitrogen and oxygen atoms in total. The lowest BCUT2D eigenvalue weighted by Gasteiger charge is -2.02. The van der Waals surface area contributed by atoms with Crippen LogP contribution in [0.1, 0.15) is 11.1 Å². The van der Waals surface area contributed by atoms with Crippen LogP contribution < -0.4 is 5.43 Å². The summed E-state index contributed by atoms with van der Waals surface area (Å²) in [5, 5.41) is 3.98. The molecule has 1 heterocycles. The summed E-state index contributed by atoms with van der Waals surface area (Å²) < 4.78 is 1.80. The van der Waals surface area contributed by atoms with Gasteiger partial charge < -0.3 is 4.57 Å². The molecule has 0 saturated heterocycles. The lowest BCUT2D eigenvalue weighted by Crippen LogP contribution is -2.22. The highest BCUT2D eigenvalue weighted by atomic mass is 16.2. The molecule has 5 heteroatoms. The third-order valence-electron chi connectivity index (χ3n) is 3.29. The number of aromatic nitrogens is 2. The van der Waals surface area contributed by atoms with Crippen LogP contribution in [0.25, 0.3) is 11.0 Å². The minimum Gasteiger partial charge on any atom is -0.321 e. The smallest absolute Gasteiger partial charge is 0.260 e. The summed E-state index contributed by atoms with van der Waals surface area (Å²) in [6.45, 7) is 2.20. The van der Waals surface area contributed by atoms with E-state index in [2.05, 4.69) is 15.5 Å². The zero-order valence-electron chi connectivity index (χ0n) is 12.2. The van der Waals surface area contributed by atoms with Gasteiger partial charge in [0, 0.05) is 0 Å². The fourth-order valence-corrected chi connectivity index (χ4v) is 2.26. The Kier molecular flexibility index (Phi) is 3.96. The number of benzene rings is 2. The highest BCUT2D eigenvalue weighted by Gasteiger charge is 2.05. The molecule has 1 N–H and O–H groups in total. The first-order valence-corrected chi connectivity index (χ1v) is 7.01. The molecule has 1 aromatic heterocycles. The van der Waals surface area contributed by atoms with E-state index in [1.807, 2.05) is 55.5 Å². The quantitative estimate of drug-likeness (QED) is 0.593. The van der Waals surface area contributed by atoms with Crippen molar-refractivity contribution in [1.29, 1.82) is 0 Å². The molecular weight excluding hydrogens is 276 g/mol. The Morgan fingerprint density at radius 3 is 3.00 bits per heavy atom. The minimum atomic E-state index is -0.188. The molecule has 3 rings (SSSR count). The third kappa shape index (κ3) is 3.20. The summed E-state index contributed by atoms with van der Waals surface area (Å²) in [5.74, 6) is -0.188. The first kappa shape index (κ1) is 14.0. The highest BCUT2D eigenvalue weighted by Crippen LogP contribution is 2.11. The average molecular weight is 292 g/mol. The van der Waals surface area contributed by atoms with Crippen molar-refractivity contribution in [3.8, 4) is 0 Å². The van der Waals surface area contributed by atoms with Crippen molar-refractivity contribution in [2.75, 3.05) is 0 Å². The van der Waals surface area contributed by atoms with Gasteiger partial charge in [-0.15, -0.1) is 0 Å². The van der Waals surface area contributed by atoms with Gasteiger partial charge in [-0.05, 0) is 24.6 Å². The molecule has 0 atom stereocenters. The van der Waals surface area contributed by atoms with E-state index in [-0.39, 0.29) is 12.5 Å². The number of amides is 1. The molecule has 22 heavy (non-hydrogen) atoms. The normalized spacial score (nSPS) is 11.1. The first-order chi connectivity index (χ1) is 10.7. The van der Waals surface area contributed by atoms with E-state index in [9.17, 15) is 4.79 Å². The number of fused-ring (bicyclic) bond motifs is 1. The fraction of sp³-hybridized carbons (Fsp3) is 0.118. The van der Waals surface area contributed by atoms with Crippen molar-refractivity contribution >= 4 is 23.2 Å². The number of hydrazone groups is 1. The second-order valence-corrected chi connectivity index (χ2v) is 5.07. The maximum Gasteiger partial charge on any atom is 0.260 e. The van der Waals surface area contributed by atoms with Gasteiger partial charge >= 0.3 is 0 Å². The van der Waals surface area contributed by atoms with Crippen LogP contribution in [0.2, 0.25) is 0 Å². The number of carbonyl (C=O) groups excluding carboxylic acids is 1. The molecule has 2 aromatic carbocycles. The molecule has 3 aromatic rings. The molecule has 0 radical (unpaired) electrons. The van der Waals surface area contributed by atoms with Crippen LogP contribution in [0.15, 0.2) is 60.0 Å². The Balaban J connectivity index is 1.63. The Morgan fingerprint density at radius 1 is 1.27 bits per heavy atom. The van der Waals surface area contributed by atoms with Gasteiger partial charge in [-0.25, -0.2) is 10.4 Å². The fourth-order valence-electron chi connectivity index (χ4n) is 2.26. The van der Waals surface area contributed by atoms with Crippen LogP contribution in [-0.4, -0.2) is 21.7 Å². The van der Waals surface area contributed by atoms with E-state index in [1.165, 1.54) is 0 Å². The number of carbonyl (C=O) groups is 1. The Hall–Kier alpha value is -2.95. The Labute approximate surface area is 128 Å². The van der Waals surface area contributed by atoms with E-state index >= 15 is 0 Å². The van der Waals surface area contributed by atoms with Gasteiger partial charge in [0.2, 0.25) is 0 Å². The number of hydrogen-bond acceptors (Lipinski definition) is 3. The molecule has 1 amide bonds. The predicted molar refractivity (Wildman–Crippen MR) is 86.6 cm³/mol. The number of rotatable bonds is 4. The van der Waals surface area contributed by atoms with Crippen molar-refractivity contribution < 1.29 is 4.79 Å². The highest BCUT2D eigenvalue weighted by molar-refractivity contribution is 5.83. The van der Waals surface area contributed by atoms with Gasteiger partial charge in [-0.2, -0.15) is 5.10 Å². The largest absolute Gasteiger partial charge is 0.321 e. The average Bonchev–Trinajstić information content (AvgIpc) is 2.91. The number of aryl methyl sites for hydroxylation is 1. The number of para-hydroxylation sites is 2. The summed E-state index contributed by atoms with van der Waals surface area (Å²) in [6.07, 6.45) is 3.30. The Bertz CT molecular complexity index is 835. The summed E-state index contributed by atoms with van der Waals surface area (Å²) in [6, 6.07) is 15.6. The molecule has 0 fully saturated rings. The van der Waals surface area contributed by atoms with Crippen molar-refractivity contribution in [1.82, 2.24) is 15.0 Å². The molecule has 0 unspecified atom stereocenters. The molecule has 0 aliphatic rings. The summed E-state index contributed by atoms with van der Waals surface area (Å²) in [5.41, 5.74) is 6.45. The number of nitrogens with zero attached hydrogens (tertiary/aromatic N) is 3. The molecule has 0 aliphatic heterocycles. The van der Waals surface area contributed by atoms with Crippen molar-refractivity contribution in [2.24, 2.45) is 5.10 Å². The van der Waals surface area contributed by atoms with Crippen molar-refractivity contribution in [3.63, 3.8) is 0 Å². The second-order valence-electron chi connectivity index (χ2n) is 5.07. The summed E-state index contributed by atoms with van der Waals surface area (Å²) in [7, 11) is 0. The van der Waals surface area contributed by atoms with Gasteiger partial charge in [0.25, 0.3) is 5.91 Å². The molecule has 0 bridgehead atoms. The topological polar surface area (TPSA) is 59.3 Å². The van der Waals surface area contributed by atoms with Crippen LogP contribution >= 0.6 is 0 Å². The lowest BCUT2D eigenvalue weighted by molar-refractivity contribution is -0.121.